The van der Waals surface area contributed by atoms with Crippen LogP contribution < -0.4 is 5.32 Å². The normalized spacial score (nSPS) is 10.7. The Morgan fingerprint density at radius 1 is 1.24 bits per heavy atom. The Morgan fingerprint density at radius 2 is 2.00 bits per heavy atom. The molecule has 112 valence electrons. The van der Waals surface area contributed by atoms with Crippen LogP contribution in [0.3, 0.4) is 0 Å². The van der Waals surface area contributed by atoms with E-state index in [4.69, 9.17) is 4.98 Å². The van der Waals surface area contributed by atoms with Crippen molar-refractivity contribution in [2.24, 2.45) is 0 Å². The molecule has 2 rings (SSSR count). The van der Waals surface area contributed by atoms with Crippen molar-refractivity contribution in [2.75, 3.05) is 12.4 Å². The molecule has 21 heavy (non-hydrogen) atoms. The maximum atomic E-state index is 4.70. The number of benzene rings is 1. The number of aryl methyl sites for hydroxylation is 2. The number of hydrogen-bond donors (Lipinski definition) is 1. The molecule has 0 bridgehead atoms. The molecule has 0 fully saturated rings. The van der Waals surface area contributed by atoms with Gasteiger partial charge in [-0.1, -0.05) is 31.5 Å². The van der Waals surface area contributed by atoms with Crippen LogP contribution in [0.4, 0.5) is 5.82 Å². The van der Waals surface area contributed by atoms with Crippen LogP contribution in [0.2, 0.25) is 0 Å². The zero-order valence-corrected chi connectivity index (χ0v) is 15.0. The largest absolute Gasteiger partial charge is 0.372 e. The minimum atomic E-state index is 0.781. The van der Waals surface area contributed by atoms with Crippen LogP contribution in [0.5, 0.6) is 0 Å². The average Bonchev–Trinajstić information content (AvgIpc) is 2.49. The van der Waals surface area contributed by atoms with Crippen LogP contribution in [0, 0.1) is 6.92 Å². The van der Waals surface area contributed by atoms with Gasteiger partial charge in [0.25, 0.3) is 0 Å². The van der Waals surface area contributed by atoms with Gasteiger partial charge in [0, 0.05) is 11.9 Å². The Balaban J connectivity index is 2.20. The molecule has 0 saturated heterocycles. The number of thioether (sulfide) groups is 1. The molecule has 5 heteroatoms. The fourth-order valence-electron chi connectivity index (χ4n) is 2.04. The van der Waals surface area contributed by atoms with E-state index in [1.807, 2.05) is 7.05 Å². The van der Waals surface area contributed by atoms with Gasteiger partial charge in [0.2, 0.25) is 0 Å². The quantitative estimate of drug-likeness (QED) is 0.743. The summed E-state index contributed by atoms with van der Waals surface area (Å²) in [5.74, 6) is 2.52. The van der Waals surface area contributed by atoms with E-state index in [1.54, 1.807) is 11.8 Å². The third-order valence-electron chi connectivity index (χ3n) is 3.14. The monoisotopic (exact) mass is 365 g/mol. The standard InChI is InChI=1S/C16H20BrN3S/c1-4-7-12-15(17)16(18-3)20-14(19-12)10-21-13-9-6-5-8-11(13)2/h5-6,8-9H,4,7,10H2,1-3H3,(H,18,19,20). The number of halogens is 1. The molecule has 0 aliphatic carbocycles. The second kappa shape index (κ2) is 7.80. The molecule has 0 aliphatic rings. The highest BCUT2D eigenvalue weighted by molar-refractivity contribution is 9.10. The van der Waals surface area contributed by atoms with Gasteiger partial charge in [-0.2, -0.15) is 0 Å². The Kier molecular flexibility index (Phi) is 6.06. The van der Waals surface area contributed by atoms with Crippen LogP contribution in [0.25, 0.3) is 0 Å². The maximum Gasteiger partial charge on any atom is 0.144 e. The number of rotatable bonds is 6. The van der Waals surface area contributed by atoms with Crippen LogP contribution >= 0.6 is 27.7 Å². The molecule has 3 nitrogen and oxygen atoms in total. The van der Waals surface area contributed by atoms with Gasteiger partial charge >= 0.3 is 0 Å². The zero-order valence-electron chi connectivity index (χ0n) is 12.6. The predicted molar refractivity (Wildman–Crippen MR) is 94.0 cm³/mol. The first kappa shape index (κ1) is 16.3. The van der Waals surface area contributed by atoms with Gasteiger partial charge in [0.15, 0.2) is 0 Å². The van der Waals surface area contributed by atoms with E-state index in [2.05, 4.69) is 64.3 Å². The molecule has 1 heterocycles. The van der Waals surface area contributed by atoms with Crippen LogP contribution in [-0.2, 0) is 12.2 Å². The smallest absolute Gasteiger partial charge is 0.144 e. The third kappa shape index (κ3) is 4.20. The van der Waals surface area contributed by atoms with Crippen molar-refractivity contribution in [3.05, 3.63) is 45.8 Å². The van der Waals surface area contributed by atoms with Crippen LogP contribution in [-0.4, -0.2) is 17.0 Å². The number of hydrogen-bond acceptors (Lipinski definition) is 4. The molecular weight excluding hydrogens is 346 g/mol. The van der Waals surface area contributed by atoms with Crippen LogP contribution in [0.1, 0.15) is 30.4 Å². The zero-order chi connectivity index (χ0) is 15.2. The number of anilines is 1. The van der Waals surface area contributed by atoms with Gasteiger partial charge in [0.1, 0.15) is 11.6 Å². The van der Waals surface area contributed by atoms with Crippen molar-refractivity contribution < 1.29 is 0 Å². The summed E-state index contributed by atoms with van der Waals surface area (Å²) in [5, 5.41) is 3.14. The molecule has 0 amide bonds. The molecular formula is C16H20BrN3S. The topological polar surface area (TPSA) is 37.8 Å². The Hall–Kier alpha value is -1.07. The van der Waals surface area contributed by atoms with E-state index in [9.17, 15) is 0 Å². The summed E-state index contributed by atoms with van der Waals surface area (Å²) in [5.41, 5.74) is 2.37. The lowest BCUT2D eigenvalue weighted by Gasteiger charge is -2.11. The summed E-state index contributed by atoms with van der Waals surface area (Å²) in [4.78, 5) is 10.6. The molecule has 1 aromatic heterocycles. The highest BCUT2D eigenvalue weighted by Gasteiger charge is 2.11. The van der Waals surface area contributed by atoms with Crippen molar-refractivity contribution in [2.45, 2.75) is 37.3 Å². The first-order valence-electron chi connectivity index (χ1n) is 7.07. The number of aromatic nitrogens is 2. The molecule has 0 unspecified atom stereocenters. The second-order valence-corrected chi connectivity index (χ2v) is 6.61. The molecule has 2 aromatic rings. The maximum absolute atomic E-state index is 4.70. The summed E-state index contributed by atoms with van der Waals surface area (Å²) in [6.07, 6.45) is 2.03. The summed E-state index contributed by atoms with van der Waals surface area (Å²) < 4.78 is 0.983. The SMILES string of the molecule is CCCc1nc(CSc2ccccc2C)nc(NC)c1Br. The number of nitrogens with zero attached hydrogens (tertiary/aromatic N) is 2. The van der Waals surface area contributed by atoms with Gasteiger partial charge in [-0.05, 0) is 40.9 Å². The van der Waals surface area contributed by atoms with Gasteiger partial charge in [0.05, 0.1) is 15.9 Å². The van der Waals surface area contributed by atoms with Crippen molar-refractivity contribution in [3.8, 4) is 0 Å². The van der Waals surface area contributed by atoms with Crippen molar-refractivity contribution in [1.82, 2.24) is 9.97 Å². The van der Waals surface area contributed by atoms with Crippen molar-refractivity contribution in [1.29, 1.82) is 0 Å². The predicted octanol–water partition coefficient (Wildman–Crippen LogP) is 4.83. The third-order valence-corrected chi connectivity index (χ3v) is 5.14. The first-order valence-corrected chi connectivity index (χ1v) is 8.85. The van der Waals surface area contributed by atoms with Gasteiger partial charge < -0.3 is 5.32 Å². The van der Waals surface area contributed by atoms with E-state index in [-0.39, 0.29) is 0 Å². The fourth-order valence-corrected chi connectivity index (χ4v) is 3.50. The highest BCUT2D eigenvalue weighted by atomic mass is 79.9. The molecule has 0 saturated carbocycles. The molecule has 1 N–H and O–H groups in total. The minimum Gasteiger partial charge on any atom is -0.372 e. The lowest BCUT2D eigenvalue weighted by molar-refractivity contribution is 0.847. The molecule has 0 atom stereocenters. The van der Waals surface area contributed by atoms with Gasteiger partial charge in [-0.25, -0.2) is 9.97 Å². The first-order chi connectivity index (χ1) is 10.2. The van der Waals surface area contributed by atoms with E-state index in [1.165, 1.54) is 10.5 Å². The molecule has 0 radical (unpaired) electrons. The summed E-state index contributed by atoms with van der Waals surface area (Å²) in [6.45, 7) is 4.29. The van der Waals surface area contributed by atoms with E-state index in [0.717, 1.165) is 40.4 Å². The van der Waals surface area contributed by atoms with E-state index < -0.39 is 0 Å². The van der Waals surface area contributed by atoms with Crippen molar-refractivity contribution >= 4 is 33.5 Å². The lowest BCUT2D eigenvalue weighted by atomic mass is 10.2. The lowest BCUT2D eigenvalue weighted by Crippen LogP contribution is -2.05. The van der Waals surface area contributed by atoms with Gasteiger partial charge in [-0.3, -0.25) is 0 Å². The number of nitrogens with one attached hydrogen (secondary N) is 1. The summed E-state index contributed by atoms with van der Waals surface area (Å²) in [6, 6.07) is 8.41. The molecule has 0 spiro atoms. The Bertz CT molecular complexity index is 616. The second-order valence-electron chi connectivity index (χ2n) is 4.80. The van der Waals surface area contributed by atoms with E-state index >= 15 is 0 Å². The Morgan fingerprint density at radius 3 is 2.67 bits per heavy atom. The Labute approximate surface area is 139 Å². The average molecular weight is 366 g/mol. The molecule has 1 aromatic carbocycles. The summed E-state index contributed by atoms with van der Waals surface area (Å²) in [7, 11) is 1.89. The fraction of sp³-hybridized carbons (Fsp3) is 0.375. The summed E-state index contributed by atoms with van der Waals surface area (Å²) >= 11 is 5.37. The molecule has 0 aliphatic heterocycles. The highest BCUT2D eigenvalue weighted by Crippen LogP contribution is 2.28. The van der Waals surface area contributed by atoms with E-state index in [0.29, 0.717) is 0 Å². The van der Waals surface area contributed by atoms with Crippen molar-refractivity contribution in [3.63, 3.8) is 0 Å². The van der Waals surface area contributed by atoms with Gasteiger partial charge in [-0.15, -0.1) is 11.8 Å². The minimum absolute atomic E-state index is 0.781. The van der Waals surface area contributed by atoms with Crippen LogP contribution in [0.15, 0.2) is 33.6 Å².